The molecule has 36 heavy (non-hydrogen) atoms. The van der Waals surface area contributed by atoms with Crippen molar-refractivity contribution in [1.29, 1.82) is 0 Å². The fraction of sp³-hybridized carbons (Fsp3) is 0.321. The first-order chi connectivity index (χ1) is 17.2. The molecule has 2 N–H and O–H groups in total. The van der Waals surface area contributed by atoms with Crippen LogP contribution in [0.5, 0.6) is 5.75 Å². The van der Waals surface area contributed by atoms with Crippen LogP contribution >= 0.6 is 0 Å². The quantitative estimate of drug-likeness (QED) is 0.387. The highest BCUT2D eigenvalue weighted by Crippen LogP contribution is 2.22. The highest BCUT2D eigenvalue weighted by Gasteiger charge is 2.31. The lowest BCUT2D eigenvalue weighted by Crippen LogP contribution is -2.51. The number of carbonyl (C=O) groups excluding carboxylic acids is 1. The van der Waals surface area contributed by atoms with Crippen molar-refractivity contribution in [1.82, 2.24) is 9.62 Å². The molecule has 192 valence electrons. The fourth-order valence-electron chi connectivity index (χ4n) is 3.90. The summed E-state index contributed by atoms with van der Waals surface area (Å²) in [6.07, 6.45) is -0.803. The van der Waals surface area contributed by atoms with Crippen LogP contribution in [0, 0.1) is 5.92 Å². The number of hydrogen-bond acceptors (Lipinski definition) is 5. The van der Waals surface area contributed by atoms with Gasteiger partial charge in [-0.2, -0.15) is 4.31 Å². The number of rotatable bonds is 12. The maximum atomic E-state index is 13.5. The second-order valence-electron chi connectivity index (χ2n) is 9.09. The maximum absolute atomic E-state index is 13.5. The zero-order valence-electron chi connectivity index (χ0n) is 20.9. The molecule has 3 aromatic carbocycles. The second kappa shape index (κ2) is 12.7. The molecule has 0 aliphatic carbocycles. The van der Waals surface area contributed by atoms with Gasteiger partial charge in [-0.15, -0.1) is 0 Å². The zero-order valence-corrected chi connectivity index (χ0v) is 21.7. The van der Waals surface area contributed by atoms with Crippen LogP contribution in [0.4, 0.5) is 0 Å². The van der Waals surface area contributed by atoms with Crippen molar-refractivity contribution >= 4 is 15.9 Å². The molecular weight excluding hydrogens is 476 g/mol. The highest BCUT2D eigenvalue weighted by molar-refractivity contribution is 7.89. The van der Waals surface area contributed by atoms with Crippen LogP contribution in [-0.4, -0.2) is 56.1 Å². The Balaban J connectivity index is 1.87. The average Bonchev–Trinajstić information content (AvgIpc) is 2.88. The van der Waals surface area contributed by atoms with Crippen LogP contribution in [0.25, 0.3) is 0 Å². The second-order valence-corrected chi connectivity index (χ2v) is 11.0. The molecule has 0 fully saturated rings. The molecule has 0 aliphatic rings. The van der Waals surface area contributed by atoms with E-state index in [0.717, 1.165) is 5.56 Å². The first-order valence-corrected chi connectivity index (χ1v) is 13.4. The summed E-state index contributed by atoms with van der Waals surface area (Å²) < 4.78 is 33.5. The molecule has 0 saturated heterocycles. The highest BCUT2D eigenvalue weighted by atomic mass is 32.2. The fourth-order valence-corrected chi connectivity index (χ4v) is 5.52. The third-order valence-electron chi connectivity index (χ3n) is 5.77. The van der Waals surface area contributed by atoms with Gasteiger partial charge in [0, 0.05) is 18.7 Å². The summed E-state index contributed by atoms with van der Waals surface area (Å²) in [6.45, 7) is 3.89. The Labute approximate surface area is 213 Å². The number of nitrogens with one attached hydrogen (secondary N) is 1. The Bertz CT molecular complexity index is 1200. The molecule has 0 saturated carbocycles. The van der Waals surface area contributed by atoms with Crippen molar-refractivity contribution in [2.75, 3.05) is 20.2 Å². The van der Waals surface area contributed by atoms with Gasteiger partial charge in [0.05, 0.1) is 24.2 Å². The van der Waals surface area contributed by atoms with E-state index in [1.165, 1.54) is 23.5 Å². The van der Waals surface area contributed by atoms with Crippen LogP contribution in [0.3, 0.4) is 0 Å². The van der Waals surface area contributed by atoms with E-state index in [0.29, 0.717) is 17.7 Å². The van der Waals surface area contributed by atoms with E-state index in [4.69, 9.17) is 4.74 Å². The molecule has 8 heteroatoms. The number of carbonyl (C=O) groups is 1. The van der Waals surface area contributed by atoms with E-state index >= 15 is 0 Å². The van der Waals surface area contributed by atoms with E-state index in [2.05, 4.69) is 5.32 Å². The van der Waals surface area contributed by atoms with Gasteiger partial charge in [0.25, 0.3) is 5.91 Å². The van der Waals surface area contributed by atoms with E-state index in [9.17, 15) is 18.3 Å². The monoisotopic (exact) mass is 510 g/mol. The van der Waals surface area contributed by atoms with E-state index in [-0.39, 0.29) is 29.8 Å². The molecule has 0 bridgehead atoms. The molecule has 0 aromatic heterocycles. The molecular formula is C28H34N2O5S. The van der Waals surface area contributed by atoms with Crippen LogP contribution in [0.15, 0.2) is 89.8 Å². The predicted molar refractivity (Wildman–Crippen MR) is 140 cm³/mol. The average molecular weight is 511 g/mol. The van der Waals surface area contributed by atoms with Crippen molar-refractivity contribution in [2.24, 2.45) is 5.92 Å². The van der Waals surface area contributed by atoms with Gasteiger partial charge >= 0.3 is 0 Å². The topological polar surface area (TPSA) is 95.9 Å². The molecule has 0 heterocycles. The molecule has 0 radical (unpaired) electrons. The molecule has 2 atom stereocenters. The molecule has 2 unspecified atom stereocenters. The van der Waals surface area contributed by atoms with Gasteiger partial charge in [-0.1, -0.05) is 62.4 Å². The van der Waals surface area contributed by atoms with Crippen LogP contribution in [-0.2, 0) is 16.4 Å². The first kappa shape index (κ1) is 27.4. The number of ether oxygens (including phenoxy) is 1. The number of methoxy groups -OCH3 is 1. The minimum atomic E-state index is -3.90. The zero-order chi connectivity index (χ0) is 26.1. The minimum absolute atomic E-state index is 0.0247. The Morgan fingerprint density at radius 1 is 0.917 bits per heavy atom. The van der Waals surface area contributed by atoms with Crippen molar-refractivity contribution in [2.45, 2.75) is 37.3 Å². The first-order valence-electron chi connectivity index (χ1n) is 11.9. The summed E-state index contributed by atoms with van der Waals surface area (Å²) in [6, 6.07) is 23.7. The number of aliphatic hydroxyl groups excluding tert-OH is 1. The minimum Gasteiger partial charge on any atom is -0.497 e. The largest absolute Gasteiger partial charge is 0.497 e. The molecule has 1 amide bonds. The number of sulfonamides is 1. The van der Waals surface area contributed by atoms with E-state index in [1.54, 1.807) is 36.4 Å². The lowest BCUT2D eigenvalue weighted by Gasteiger charge is -2.30. The lowest BCUT2D eigenvalue weighted by molar-refractivity contribution is 0.0776. The van der Waals surface area contributed by atoms with Crippen molar-refractivity contribution in [3.05, 3.63) is 96.1 Å². The maximum Gasteiger partial charge on any atom is 0.251 e. The summed E-state index contributed by atoms with van der Waals surface area (Å²) in [5.74, 6) is 0.247. The Kier molecular flexibility index (Phi) is 9.64. The molecule has 0 spiro atoms. The molecule has 0 aliphatic heterocycles. The van der Waals surface area contributed by atoms with Gasteiger partial charge in [-0.25, -0.2) is 8.42 Å². The third-order valence-corrected chi connectivity index (χ3v) is 7.62. The van der Waals surface area contributed by atoms with Gasteiger partial charge in [0.15, 0.2) is 0 Å². The van der Waals surface area contributed by atoms with Gasteiger partial charge < -0.3 is 15.2 Å². The SMILES string of the molecule is COc1ccc(S(=O)(=O)N(CC(C)C)CC(O)C(Cc2ccccc2)NC(=O)c2ccccc2)cc1. The van der Waals surface area contributed by atoms with Crippen molar-refractivity contribution < 1.29 is 23.1 Å². The number of aliphatic hydroxyl groups is 1. The van der Waals surface area contributed by atoms with Gasteiger partial charge in [-0.3, -0.25) is 4.79 Å². The lowest BCUT2D eigenvalue weighted by atomic mass is 10.00. The van der Waals surface area contributed by atoms with Crippen molar-refractivity contribution in [3.63, 3.8) is 0 Å². The van der Waals surface area contributed by atoms with E-state index in [1.807, 2.05) is 50.2 Å². The standard InChI is InChI=1S/C28H34N2O5S/c1-21(2)19-30(36(33,34)25-16-14-24(35-3)15-17-25)20-27(31)26(18-22-10-6-4-7-11-22)29-28(32)23-12-8-5-9-13-23/h4-17,21,26-27,31H,18-20H2,1-3H3,(H,29,32). The van der Waals surface area contributed by atoms with Crippen LogP contribution in [0.1, 0.15) is 29.8 Å². The smallest absolute Gasteiger partial charge is 0.251 e. The molecule has 3 rings (SSSR count). The van der Waals surface area contributed by atoms with Crippen LogP contribution in [0.2, 0.25) is 0 Å². The van der Waals surface area contributed by atoms with Crippen molar-refractivity contribution in [3.8, 4) is 5.75 Å². The summed E-state index contributed by atoms with van der Waals surface area (Å²) in [5, 5.41) is 14.2. The predicted octanol–water partition coefficient (Wildman–Crippen LogP) is 3.74. The summed E-state index contributed by atoms with van der Waals surface area (Å²) >= 11 is 0. The Morgan fingerprint density at radius 2 is 1.50 bits per heavy atom. The number of hydrogen-bond donors (Lipinski definition) is 2. The van der Waals surface area contributed by atoms with Crippen LogP contribution < -0.4 is 10.1 Å². The Hall–Kier alpha value is -3.20. The third kappa shape index (κ3) is 7.40. The molecule has 7 nitrogen and oxygen atoms in total. The summed E-state index contributed by atoms with van der Waals surface area (Å²) in [7, 11) is -2.38. The summed E-state index contributed by atoms with van der Waals surface area (Å²) in [4.78, 5) is 13.0. The number of nitrogens with zero attached hydrogens (tertiary/aromatic N) is 1. The van der Waals surface area contributed by atoms with Gasteiger partial charge in [0.2, 0.25) is 10.0 Å². The van der Waals surface area contributed by atoms with Gasteiger partial charge in [0.1, 0.15) is 5.75 Å². The number of amides is 1. The normalized spacial score (nSPS) is 13.4. The molecule has 3 aromatic rings. The van der Waals surface area contributed by atoms with Gasteiger partial charge in [-0.05, 0) is 54.3 Å². The summed E-state index contributed by atoms with van der Waals surface area (Å²) in [5.41, 5.74) is 1.39. The van der Waals surface area contributed by atoms with E-state index < -0.39 is 22.2 Å². The Morgan fingerprint density at radius 3 is 2.06 bits per heavy atom. The number of benzene rings is 3.